The van der Waals surface area contributed by atoms with Crippen molar-refractivity contribution in [3.05, 3.63) is 27.7 Å². The average molecular weight is 211 g/mol. The molecule has 0 amide bonds. The van der Waals surface area contributed by atoms with Crippen molar-refractivity contribution >= 4 is 21.6 Å². The highest BCUT2D eigenvalue weighted by atomic mass is 79.9. The minimum absolute atomic E-state index is 0.521. The van der Waals surface area contributed by atoms with Crippen molar-refractivity contribution in [3.63, 3.8) is 0 Å². The summed E-state index contributed by atoms with van der Waals surface area (Å²) in [6.07, 6.45) is 0. The predicted molar refractivity (Wildman–Crippen MR) is 48.0 cm³/mol. The fraction of sp³-hybridized carbons (Fsp3) is 0.125. The maximum Gasteiger partial charge on any atom is 0.102 e. The molecule has 0 aliphatic heterocycles. The average Bonchev–Trinajstić information content (AvgIpc) is 1.99. The Bertz CT molecular complexity index is 326. The van der Waals surface area contributed by atoms with E-state index in [-0.39, 0.29) is 0 Å². The Hall–Kier alpha value is -1.01. The van der Waals surface area contributed by atoms with Crippen LogP contribution >= 0.6 is 15.9 Å². The van der Waals surface area contributed by atoms with Gasteiger partial charge in [-0.3, -0.25) is 0 Å². The van der Waals surface area contributed by atoms with E-state index in [2.05, 4.69) is 15.9 Å². The van der Waals surface area contributed by atoms with Gasteiger partial charge in [-0.25, -0.2) is 0 Å². The first-order valence-electron chi connectivity index (χ1n) is 3.11. The third kappa shape index (κ3) is 1.36. The molecular formula is C8H7BrN2. The van der Waals surface area contributed by atoms with Crippen molar-refractivity contribution in [1.82, 2.24) is 0 Å². The highest BCUT2D eigenvalue weighted by Gasteiger charge is 2.04. The van der Waals surface area contributed by atoms with Gasteiger partial charge in [0.2, 0.25) is 0 Å². The molecular weight excluding hydrogens is 204 g/mol. The van der Waals surface area contributed by atoms with Crippen LogP contribution in [0.4, 0.5) is 5.69 Å². The van der Waals surface area contributed by atoms with E-state index >= 15 is 0 Å². The normalized spacial score (nSPS) is 9.18. The van der Waals surface area contributed by atoms with Crippen LogP contribution in [-0.2, 0) is 0 Å². The summed E-state index contributed by atoms with van der Waals surface area (Å²) in [5.74, 6) is 0. The zero-order valence-corrected chi connectivity index (χ0v) is 7.64. The fourth-order valence-electron chi connectivity index (χ4n) is 0.852. The Labute approximate surface area is 73.8 Å². The van der Waals surface area contributed by atoms with Gasteiger partial charge < -0.3 is 5.73 Å². The molecule has 0 aromatic heterocycles. The first-order valence-corrected chi connectivity index (χ1v) is 3.90. The van der Waals surface area contributed by atoms with Gasteiger partial charge in [0.1, 0.15) is 6.07 Å². The van der Waals surface area contributed by atoms with Crippen LogP contribution in [0, 0.1) is 18.3 Å². The van der Waals surface area contributed by atoms with Crippen molar-refractivity contribution in [2.24, 2.45) is 0 Å². The van der Waals surface area contributed by atoms with Crippen LogP contribution in [0.25, 0.3) is 0 Å². The molecule has 0 saturated heterocycles. The lowest BCUT2D eigenvalue weighted by molar-refractivity contribution is 1.38. The van der Waals surface area contributed by atoms with E-state index in [0.717, 1.165) is 10.0 Å². The summed E-state index contributed by atoms with van der Waals surface area (Å²) in [6, 6.07) is 5.75. The monoisotopic (exact) mass is 210 g/mol. The number of hydrogen-bond donors (Lipinski definition) is 1. The second kappa shape index (κ2) is 2.93. The molecule has 0 aliphatic rings. The Morgan fingerprint density at radius 1 is 1.55 bits per heavy atom. The number of halogens is 1. The van der Waals surface area contributed by atoms with Gasteiger partial charge in [0, 0.05) is 4.47 Å². The van der Waals surface area contributed by atoms with Crippen molar-refractivity contribution in [1.29, 1.82) is 5.26 Å². The number of nitriles is 1. The molecule has 0 atom stereocenters. The minimum Gasteiger partial charge on any atom is -0.397 e. The SMILES string of the molecule is Cc1ccc(Br)c(N)c1C#N. The third-order valence-corrected chi connectivity index (χ3v) is 2.20. The molecule has 0 radical (unpaired) electrons. The van der Waals surface area contributed by atoms with Gasteiger partial charge in [-0.15, -0.1) is 0 Å². The molecule has 1 rings (SSSR count). The Kier molecular flexibility index (Phi) is 2.16. The zero-order chi connectivity index (χ0) is 8.43. The van der Waals surface area contributed by atoms with Crippen molar-refractivity contribution < 1.29 is 0 Å². The molecule has 1 aromatic carbocycles. The van der Waals surface area contributed by atoms with Crippen LogP contribution in [0.3, 0.4) is 0 Å². The number of aryl methyl sites for hydroxylation is 1. The van der Waals surface area contributed by atoms with Gasteiger partial charge in [0.05, 0.1) is 11.3 Å². The van der Waals surface area contributed by atoms with Crippen molar-refractivity contribution in [2.75, 3.05) is 5.73 Å². The summed E-state index contributed by atoms with van der Waals surface area (Å²) < 4.78 is 0.777. The van der Waals surface area contributed by atoms with Crippen LogP contribution in [0.1, 0.15) is 11.1 Å². The number of nitrogen functional groups attached to an aromatic ring is 1. The molecule has 0 heterocycles. The van der Waals surface area contributed by atoms with Crippen LogP contribution in [0.15, 0.2) is 16.6 Å². The van der Waals surface area contributed by atoms with Gasteiger partial charge in [-0.2, -0.15) is 5.26 Å². The summed E-state index contributed by atoms with van der Waals surface area (Å²) in [7, 11) is 0. The summed E-state index contributed by atoms with van der Waals surface area (Å²) in [5, 5.41) is 8.67. The van der Waals surface area contributed by atoms with E-state index in [0.29, 0.717) is 11.3 Å². The summed E-state index contributed by atoms with van der Waals surface area (Å²) in [5.41, 5.74) is 7.61. The lowest BCUT2D eigenvalue weighted by atomic mass is 10.1. The second-order valence-electron chi connectivity index (χ2n) is 2.26. The van der Waals surface area contributed by atoms with Crippen molar-refractivity contribution in [3.8, 4) is 6.07 Å². The lowest BCUT2D eigenvalue weighted by Crippen LogP contribution is -1.93. The predicted octanol–water partition coefficient (Wildman–Crippen LogP) is 2.21. The highest BCUT2D eigenvalue weighted by Crippen LogP contribution is 2.24. The molecule has 0 spiro atoms. The van der Waals surface area contributed by atoms with E-state index in [1.807, 2.05) is 25.1 Å². The molecule has 0 unspecified atom stereocenters. The molecule has 1 aromatic rings. The number of nitrogens with two attached hydrogens (primary N) is 1. The van der Waals surface area contributed by atoms with E-state index < -0.39 is 0 Å². The largest absolute Gasteiger partial charge is 0.397 e. The molecule has 2 nitrogen and oxygen atoms in total. The molecule has 2 N–H and O–H groups in total. The molecule has 0 bridgehead atoms. The van der Waals surface area contributed by atoms with E-state index in [1.54, 1.807) is 0 Å². The Morgan fingerprint density at radius 3 is 2.64 bits per heavy atom. The first-order chi connectivity index (χ1) is 5.16. The quantitative estimate of drug-likeness (QED) is 0.668. The first kappa shape index (κ1) is 8.09. The maximum absolute atomic E-state index is 8.67. The number of benzene rings is 1. The number of nitrogens with zero attached hydrogens (tertiary/aromatic N) is 1. The topological polar surface area (TPSA) is 49.8 Å². The summed E-state index contributed by atoms with van der Waals surface area (Å²) in [6.45, 7) is 1.86. The van der Waals surface area contributed by atoms with Gasteiger partial charge >= 0.3 is 0 Å². The van der Waals surface area contributed by atoms with Crippen LogP contribution in [0.2, 0.25) is 0 Å². The molecule has 3 heteroatoms. The molecule has 0 aliphatic carbocycles. The Balaban J connectivity index is 3.44. The number of rotatable bonds is 0. The van der Waals surface area contributed by atoms with Gasteiger partial charge in [-0.05, 0) is 34.5 Å². The standard InChI is InChI=1S/C8H7BrN2/c1-5-2-3-7(9)8(11)6(5)4-10/h2-3H,11H2,1H3. The molecule has 11 heavy (non-hydrogen) atoms. The lowest BCUT2D eigenvalue weighted by Gasteiger charge is -2.02. The second-order valence-corrected chi connectivity index (χ2v) is 3.12. The summed E-state index contributed by atoms with van der Waals surface area (Å²) >= 11 is 3.24. The van der Waals surface area contributed by atoms with Crippen molar-refractivity contribution in [2.45, 2.75) is 6.92 Å². The van der Waals surface area contributed by atoms with Crippen LogP contribution in [-0.4, -0.2) is 0 Å². The van der Waals surface area contributed by atoms with Gasteiger partial charge in [0.15, 0.2) is 0 Å². The summed E-state index contributed by atoms with van der Waals surface area (Å²) in [4.78, 5) is 0. The van der Waals surface area contributed by atoms with E-state index in [1.165, 1.54) is 0 Å². The number of hydrogen-bond acceptors (Lipinski definition) is 2. The minimum atomic E-state index is 0.521. The van der Waals surface area contributed by atoms with Gasteiger partial charge in [-0.1, -0.05) is 6.07 Å². The fourth-order valence-corrected chi connectivity index (χ4v) is 1.18. The van der Waals surface area contributed by atoms with E-state index in [9.17, 15) is 0 Å². The Morgan fingerprint density at radius 2 is 2.18 bits per heavy atom. The highest BCUT2D eigenvalue weighted by molar-refractivity contribution is 9.10. The van der Waals surface area contributed by atoms with Crippen LogP contribution < -0.4 is 5.73 Å². The zero-order valence-electron chi connectivity index (χ0n) is 6.06. The third-order valence-electron chi connectivity index (χ3n) is 1.51. The molecule has 0 saturated carbocycles. The maximum atomic E-state index is 8.67. The molecule has 0 fully saturated rings. The van der Waals surface area contributed by atoms with E-state index in [4.69, 9.17) is 11.0 Å². The smallest absolute Gasteiger partial charge is 0.102 e. The van der Waals surface area contributed by atoms with Crippen LogP contribution in [0.5, 0.6) is 0 Å². The van der Waals surface area contributed by atoms with Gasteiger partial charge in [0.25, 0.3) is 0 Å². The molecule has 56 valence electrons. The number of anilines is 1.